The Morgan fingerprint density at radius 3 is 2.71 bits per heavy atom. The van der Waals surface area contributed by atoms with Gasteiger partial charge in [0.15, 0.2) is 0 Å². The number of rotatable bonds is 2. The second-order valence-corrected chi connectivity index (χ2v) is 4.39. The van der Waals surface area contributed by atoms with Crippen molar-refractivity contribution in [3.63, 3.8) is 0 Å². The molecule has 2 rings (SSSR count). The van der Waals surface area contributed by atoms with Gasteiger partial charge in [-0.25, -0.2) is 0 Å². The lowest BCUT2D eigenvalue weighted by atomic mass is 10.1. The van der Waals surface area contributed by atoms with Crippen molar-refractivity contribution in [2.45, 2.75) is 6.10 Å². The molecule has 0 radical (unpaired) electrons. The van der Waals surface area contributed by atoms with Gasteiger partial charge < -0.3 is 5.11 Å². The van der Waals surface area contributed by atoms with Crippen LogP contribution in [0, 0.1) is 0 Å². The highest BCUT2D eigenvalue weighted by molar-refractivity contribution is 7.10. The molecule has 0 fully saturated rings. The molecule has 0 spiro atoms. The van der Waals surface area contributed by atoms with E-state index in [0.717, 1.165) is 10.4 Å². The van der Waals surface area contributed by atoms with Crippen LogP contribution in [0.5, 0.6) is 0 Å². The van der Waals surface area contributed by atoms with Gasteiger partial charge in [0.25, 0.3) is 0 Å². The van der Waals surface area contributed by atoms with E-state index in [-0.39, 0.29) is 0 Å². The van der Waals surface area contributed by atoms with Crippen LogP contribution < -0.4 is 0 Å². The van der Waals surface area contributed by atoms with Crippen LogP contribution in [-0.2, 0) is 0 Å². The Morgan fingerprint density at radius 1 is 1.21 bits per heavy atom. The Balaban J connectivity index is 2.32. The summed E-state index contributed by atoms with van der Waals surface area (Å²) < 4.78 is 0. The maximum Gasteiger partial charge on any atom is 0.113 e. The fraction of sp³-hybridized carbons (Fsp3) is 0.0909. The molecule has 0 bridgehead atoms. The molecule has 0 aliphatic heterocycles. The Hall–Kier alpha value is -0.830. The standard InChI is InChI=1S/C11H9ClOS/c12-9-4-1-3-8(7-9)11(13)10-5-2-6-14-10/h1-7,11,13H. The van der Waals surface area contributed by atoms with Crippen LogP contribution in [-0.4, -0.2) is 5.11 Å². The molecule has 0 aliphatic rings. The van der Waals surface area contributed by atoms with E-state index in [1.54, 1.807) is 12.1 Å². The fourth-order valence-electron chi connectivity index (χ4n) is 1.29. The van der Waals surface area contributed by atoms with E-state index in [4.69, 9.17) is 11.6 Å². The maximum atomic E-state index is 9.96. The largest absolute Gasteiger partial charge is 0.383 e. The van der Waals surface area contributed by atoms with Gasteiger partial charge in [0.1, 0.15) is 6.10 Å². The monoisotopic (exact) mass is 224 g/mol. The van der Waals surface area contributed by atoms with Crippen molar-refractivity contribution in [2.75, 3.05) is 0 Å². The second-order valence-electron chi connectivity index (χ2n) is 2.97. The highest BCUT2D eigenvalue weighted by atomic mass is 35.5. The predicted octanol–water partition coefficient (Wildman–Crippen LogP) is 3.48. The highest BCUT2D eigenvalue weighted by Gasteiger charge is 2.10. The molecule has 1 unspecified atom stereocenters. The summed E-state index contributed by atoms with van der Waals surface area (Å²) in [5.74, 6) is 0. The van der Waals surface area contributed by atoms with Gasteiger partial charge in [-0.05, 0) is 29.1 Å². The number of aliphatic hydroxyl groups excluding tert-OH is 1. The first kappa shape index (κ1) is 9.71. The van der Waals surface area contributed by atoms with Crippen molar-refractivity contribution < 1.29 is 5.11 Å². The minimum Gasteiger partial charge on any atom is -0.383 e. The molecule has 0 saturated carbocycles. The van der Waals surface area contributed by atoms with E-state index in [1.165, 1.54) is 11.3 Å². The first-order valence-electron chi connectivity index (χ1n) is 4.24. The minimum atomic E-state index is -0.561. The summed E-state index contributed by atoms with van der Waals surface area (Å²) in [5, 5.41) is 12.6. The van der Waals surface area contributed by atoms with Crippen LogP contribution in [0.25, 0.3) is 0 Å². The van der Waals surface area contributed by atoms with Crippen molar-refractivity contribution >= 4 is 22.9 Å². The van der Waals surface area contributed by atoms with Crippen molar-refractivity contribution in [2.24, 2.45) is 0 Å². The lowest BCUT2D eigenvalue weighted by Crippen LogP contribution is -1.96. The summed E-state index contributed by atoms with van der Waals surface area (Å²) in [6.45, 7) is 0. The van der Waals surface area contributed by atoms with Crippen LogP contribution in [0.1, 0.15) is 16.5 Å². The fourth-order valence-corrected chi connectivity index (χ4v) is 2.22. The smallest absolute Gasteiger partial charge is 0.113 e. The van der Waals surface area contributed by atoms with E-state index in [1.807, 2.05) is 29.6 Å². The third-order valence-corrected chi connectivity index (χ3v) is 3.14. The predicted molar refractivity (Wildman–Crippen MR) is 59.8 cm³/mol. The molecular weight excluding hydrogens is 216 g/mol. The number of thiophene rings is 1. The zero-order valence-electron chi connectivity index (χ0n) is 7.35. The molecule has 1 nitrogen and oxygen atoms in total. The molecule has 1 heterocycles. The van der Waals surface area contributed by atoms with Crippen LogP contribution in [0.2, 0.25) is 5.02 Å². The average Bonchev–Trinajstić information content (AvgIpc) is 2.69. The van der Waals surface area contributed by atoms with Gasteiger partial charge >= 0.3 is 0 Å². The summed E-state index contributed by atoms with van der Waals surface area (Å²) in [6, 6.07) is 11.1. The zero-order chi connectivity index (χ0) is 9.97. The van der Waals surface area contributed by atoms with Gasteiger partial charge in [-0.3, -0.25) is 0 Å². The summed E-state index contributed by atoms with van der Waals surface area (Å²) >= 11 is 7.38. The molecule has 0 saturated heterocycles. The van der Waals surface area contributed by atoms with E-state index in [9.17, 15) is 5.11 Å². The lowest BCUT2D eigenvalue weighted by Gasteiger charge is -2.08. The Bertz CT molecular complexity index is 411. The normalized spacial score (nSPS) is 12.7. The third kappa shape index (κ3) is 1.98. The number of halogens is 1. The molecule has 3 heteroatoms. The zero-order valence-corrected chi connectivity index (χ0v) is 8.92. The number of hydrogen-bond acceptors (Lipinski definition) is 2. The summed E-state index contributed by atoms with van der Waals surface area (Å²) in [6.07, 6.45) is -0.561. The number of aliphatic hydroxyl groups is 1. The minimum absolute atomic E-state index is 0.561. The maximum absolute atomic E-state index is 9.96. The van der Waals surface area contributed by atoms with Crippen LogP contribution >= 0.6 is 22.9 Å². The first-order chi connectivity index (χ1) is 6.77. The molecule has 14 heavy (non-hydrogen) atoms. The average molecular weight is 225 g/mol. The van der Waals surface area contributed by atoms with E-state index in [0.29, 0.717) is 5.02 Å². The molecule has 1 aromatic carbocycles. The Kier molecular flexibility index (Phi) is 2.87. The first-order valence-corrected chi connectivity index (χ1v) is 5.50. The SMILES string of the molecule is OC(c1cccc(Cl)c1)c1cccs1. The molecule has 0 aliphatic carbocycles. The molecule has 1 N–H and O–H groups in total. The second kappa shape index (κ2) is 4.13. The highest BCUT2D eigenvalue weighted by Crippen LogP contribution is 2.26. The molecule has 72 valence electrons. The van der Waals surface area contributed by atoms with Crippen LogP contribution in [0.3, 0.4) is 0 Å². The summed E-state index contributed by atoms with van der Waals surface area (Å²) in [7, 11) is 0. The Labute approximate surface area is 91.6 Å². The van der Waals surface area contributed by atoms with E-state index < -0.39 is 6.10 Å². The Morgan fingerprint density at radius 2 is 2.07 bits per heavy atom. The third-order valence-electron chi connectivity index (χ3n) is 1.98. The summed E-state index contributed by atoms with van der Waals surface area (Å²) in [5.41, 5.74) is 0.833. The van der Waals surface area contributed by atoms with Crippen molar-refractivity contribution in [1.29, 1.82) is 0 Å². The van der Waals surface area contributed by atoms with Crippen molar-refractivity contribution in [3.05, 3.63) is 57.2 Å². The summed E-state index contributed by atoms with van der Waals surface area (Å²) in [4.78, 5) is 0.937. The molecule has 1 atom stereocenters. The van der Waals surface area contributed by atoms with Gasteiger partial charge in [-0.1, -0.05) is 29.8 Å². The van der Waals surface area contributed by atoms with Crippen molar-refractivity contribution in [3.8, 4) is 0 Å². The van der Waals surface area contributed by atoms with Gasteiger partial charge in [0.05, 0.1) is 0 Å². The molecular formula is C11H9ClOS. The van der Waals surface area contributed by atoms with Gasteiger partial charge in [-0.15, -0.1) is 11.3 Å². The van der Waals surface area contributed by atoms with Gasteiger partial charge in [-0.2, -0.15) is 0 Å². The van der Waals surface area contributed by atoms with Gasteiger partial charge in [0, 0.05) is 9.90 Å². The lowest BCUT2D eigenvalue weighted by molar-refractivity contribution is 0.224. The topological polar surface area (TPSA) is 20.2 Å². The van der Waals surface area contributed by atoms with Gasteiger partial charge in [0.2, 0.25) is 0 Å². The van der Waals surface area contributed by atoms with Crippen molar-refractivity contribution in [1.82, 2.24) is 0 Å². The van der Waals surface area contributed by atoms with Crippen LogP contribution in [0.15, 0.2) is 41.8 Å². The molecule has 1 aromatic heterocycles. The van der Waals surface area contributed by atoms with E-state index in [2.05, 4.69) is 0 Å². The quantitative estimate of drug-likeness (QED) is 0.828. The number of benzene rings is 1. The number of hydrogen-bond donors (Lipinski definition) is 1. The van der Waals surface area contributed by atoms with Crippen LogP contribution in [0.4, 0.5) is 0 Å². The molecule has 2 aromatic rings. The molecule has 0 amide bonds. The van der Waals surface area contributed by atoms with E-state index >= 15 is 0 Å².